The van der Waals surface area contributed by atoms with Crippen LogP contribution in [0.15, 0.2) is 46.7 Å². The number of halogens is 3. The van der Waals surface area contributed by atoms with Crippen LogP contribution in [0.25, 0.3) is 0 Å². The van der Waals surface area contributed by atoms with Gasteiger partial charge in [0.2, 0.25) is 0 Å². The number of nitrogens with zero attached hydrogens (tertiary/aromatic N) is 2. The Labute approximate surface area is 161 Å². The Balaban J connectivity index is 2.26. The van der Waals surface area contributed by atoms with E-state index in [1.165, 1.54) is 26.2 Å². The van der Waals surface area contributed by atoms with Crippen LogP contribution in [0.1, 0.15) is 36.1 Å². The molecule has 28 heavy (non-hydrogen) atoms. The molecule has 0 aliphatic rings. The summed E-state index contributed by atoms with van der Waals surface area (Å²) in [6.07, 6.45) is 0. The summed E-state index contributed by atoms with van der Waals surface area (Å²) < 4.78 is 43.6. The molecule has 0 N–H and O–H groups in total. The number of oxime groups is 2. The Bertz CT molecular complexity index is 883. The van der Waals surface area contributed by atoms with E-state index in [4.69, 9.17) is 9.68 Å². The van der Waals surface area contributed by atoms with Crippen molar-refractivity contribution in [1.82, 2.24) is 0 Å². The zero-order valence-electron chi connectivity index (χ0n) is 16.0. The van der Waals surface area contributed by atoms with E-state index in [1.54, 1.807) is 6.92 Å². The van der Waals surface area contributed by atoms with Crippen molar-refractivity contribution in [3.05, 3.63) is 64.5 Å². The van der Waals surface area contributed by atoms with Gasteiger partial charge in [0.1, 0.15) is 25.3 Å². The molecular weight excluding hydrogens is 373 g/mol. The van der Waals surface area contributed by atoms with Gasteiger partial charge in [0.05, 0.1) is 17.0 Å². The first-order chi connectivity index (χ1) is 13.3. The molecule has 0 heterocycles. The summed E-state index contributed by atoms with van der Waals surface area (Å²) >= 11 is 0. The standard InChI is InChI=1S/C20H21F3N2O3/c1-12-7-5-8-15(13(2)24-26-4)16(12)11-27-25-14(3)19-17(21)9-6-10-18(19)28-20(22)23/h5-10,20H,11H2,1-4H3/b24-13-,25-14+. The van der Waals surface area contributed by atoms with E-state index in [-0.39, 0.29) is 23.6 Å². The topological polar surface area (TPSA) is 52.4 Å². The number of rotatable bonds is 8. The summed E-state index contributed by atoms with van der Waals surface area (Å²) in [7, 11) is 1.45. The Morgan fingerprint density at radius 1 is 1.04 bits per heavy atom. The average Bonchev–Trinajstić information content (AvgIpc) is 2.62. The minimum atomic E-state index is -3.08. The van der Waals surface area contributed by atoms with E-state index in [0.717, 1.165) is 22.8 Å². The van der Waals surface area contributed by atoms with E-state index < -0.39 is 12.4 Å². The fourth-order valence-electron chi connectivity index (χ4n) is 2.71. The highest BCUT2D eigenvalue weighted by atomic mass is 19.3. The molecule has 2 aromatic rings. The fourth-order valence-corrected chi connectivity index (χ4v) is 2.71. The van der Waals surface area contributed by atoms with E-state index in [0.29, 0.717) is 5.71 Å². The number of ether oxygens (including phenoxy) is 1. The fraction of sp³-hybridized carbons (Fsp3) is 0.300. The van der Waals surface area contributed by atoms with Crippen molar-refractivity contribution >= 4 is 11.4 Å². The third-order valence-electron chi connectivity index (χ3n) is 3.99. The Hall–Kier alpha value is -3.03. The Morgan fingerprint density at radius 3 is 2.43 bits per heavy atom. The number of aryl methyl sites for hydroxylation is 1. The van der Waals surface area contributed by atoms with Crippen molar-refractivity contribution in [3.63, 3.8) is 0 Å². The van der Waals surface area contributed by atoms with Gasteiger partial charge >= 0.3 is 6.61 Å². The second-order valence-corrected chi connectivity index (χ2v) is 5.90. The third kappa shape index (κ3) is 5.25. The number of hydrogen-bond acceptors (Lipinski definition) is 5. The molecule has 0 aliphatic carbocycles. The lowest BCUT2D eigenvalue weighted by Gasteiger charge is -2.13. The molecule has 2 aromatic carbocycles. The van der Waals surface area contributed by atoms with Crippen molar-refractivity contribution in [2.45, 2.75) is 34.0 Å². The van der Waals surface area contributed by atoms with Crippen LogP contribution >= 0.6 is 0 Å². The zero-order chi connectivity index (χ0) is 20.7. The molecule has 0 unspecified atom stereocenters. The van der Waals surface area contributed by atoms with E-state index in [9.17, 15) is 13.2 Å². The maximum atomic E-state index is 14.1. The van der Waals surface area contributed by atoms with Gasteiger partial charge in [-0.15, -0.1) is 0 Å². The first-order valence-electron chi connectivity index (χ1n) is 8.42. The number of hydrogen-bond donors (Lipinski definition) is 0. The van der Waals surface area contributed by atoms with Crippen molar-refractivity contribution in [1.29, 1.82) is 0 Å². The lowest BCUT2D eigenvalue weighted by atomic mass is 10.00. The summed E-state index contributed by atoms with van der Waals surface area (Å²) in [6, 6.07) is 9.31. The summed E-state index contributed by atoms with van der Waals surface area (Å²) in [4.78, 5) is 10.2. The van der Waals surface area contributed by atoms with Crippen LogP contribution < -0.4 is 4.74 Å². The van der Waals surface area contributed by atoms with Gasteiger partial charge in [-0.2, -0.15) is 8.78 Å². The molecule has 0 aliphatic heterocycles. The van der Waals surface area contributed by atoms with Gasteiger partial charge in [-0.3, -0.25) is 0 Å². The maximum Gasteiger partial charge on any atom is 0.387 e. The quantitative estimate of drug-likeness (QED) is 0.465. The van der Waals surface area contributed by atoms with E-state index >= 15 is 0 Å². The van der Waals surface area contributed by atoms with Crippen LogP contribution in [0.4, 0.5) is 13.2 Å². The van der Waals surface area contributed by atoms with Crippen molar-refractivity contribution < 1.29 is 27.6 Å². The smallest absolute Gasteiger partial charge is 0.387 e. The minimum Gasteiger partial charge on any atom is -0.434 e. The molecule has 0 saturated carbocycles. The van der Waals surface area contributed by atoms with Crippen LogP contribution in [0, 0.1) is 12.7 Å². The van der Waals surface area contributed by atoms with Gasteiger partial charge in [-0.25, -0.2) is 4.39 Å². The van der Waals surface area contributed by atoms with Gasteiger partial charge in [0, 0.05) is 11.1 Å². The van der Waals surface area contributed by atoms with Crippen molar-refractivity contribution in [2.75, 3.05) is 7.11 Å². The summed E-state index contributed by atoms with van der Waals surface area (Å²) in [5.74, 6) is -1.04. The predicted octanol–water partition coefficient (Wildman–Crippen LogP) is 5.05. The third-order valence-corrected chi connectivity index (χ3v) is 3.99. The molecule has 0 aromatic heterocycles. The molecule has 2 rings (SSSR count). The molecule has 0 saturated heterocycles. The van der Waals surface area contributed by atoms with Crippen molar-refractivity contribution in [3.8, 4) is 5.75 Å². The lowest BCUT2D eigenvalue weighted by Crippen LogP contribution is -2.09. The molecule has 0 fully saturated rings. The Kier molecular flexibility index (Phi) is 7.43. The normalized spacial score (nSPS) is 12.3. The van der Waals surface area contributed by atoms with Crippen molar-refractivity contribution in [2.24, 2.45) is 10.3 Å². The van der Waals surface area contributed by atoms with Gasteiger partial charge in [-0.05, 0) is 38.5 Å². The van der Waals surface area contributed by atoms with Crippen LogP contribution in [0.5, 0.6) is 5.75 Å². The van der Waals surface area contributed by atoms with Crippen LogP contribution in [-0.2, 0) is 16.3 Å². The van der Waals surface area contributed by atoms with Gasteiger partial charge < -0.3 is 14.4 Å². The number of alkyl halides is 2. The highest BCUT2D eigenvalue weighted by molar-refractivity contribution is 6.01. The first kappa shape index (κ1) is 21.3. The zero-order valence-corrected chi connectivity index (χ0v) is 16.0. The highest BCUT2D eigenvalue weighted by Gasteiger charge is 2.17. The van der Waals surface area contributed by atoms with Gasteiger partial charge in [0.15, 0.2) is 0 Å². The molecule has 150 valence electrons. The van der Waals surface area contributed by atoms with Gasteiger partial charge in [-0.1, -0.05) is 34.6 Å². The van der Waals surface area contributed by atoms with Crippen LogP contribution in [0.3, 0.4) is 0 Å². The molecular formula is C20H21F3N2O3. The molecule has 0 spiro atoms. The summed E-state index contributed by atoms with van der Waals surface area (Å²) in [5.41, 5.74) is 3.16. The largest absolute Gasteiger partial charge is 0.434 e. The SMILES string of the molecule is CO/N=C(/C)c1cccc(C)c1CO/N=C(\C)c1c(F)cccc1OC(F)F. The second-order valence-electron chi connectivity index (χ2n) is 5.90. The molecule has 0 amide bonds. The summed E-state index contributed by atoms with van der Waals surface area (Å²) in [6.45, 7) is 2.16. The molecule has 0 atom stereocenters. The lowest BCUT2D eigenvalue weighted by molar-refractivity contribution is -0.0501. The van der Waals surface area contributed by atoms with Gasteiger partial charge in [0.25, 0.3) is 0 Å². The predicted molar refractivity (Wildman–Crippen MR) is 100 cm³/mol. The average molecular weight is 394 g/mol. The minimum absolute atomic E-state index is 0.0752. The molecule has 0 bridgehead atoms. The Morgan fingerprint density at radius 2 is 1.75 bits per heavy atom. The second kappa shape index (κ2) is 9.77. The van der Waals surface area contributed by atoms with Crippen LogP contribution in [0.2, 0.25) is 0 Å². The molecule has 5 nitrogen and oxygen atoms in total. The molecule has 8 heteroatoms. The van der Waals surface area contributed by atoms with E-state index in [1.807, 2.05) is 25.1 Å². The number of benzene rings is 2. The molecule has 0 radical (unpaired) electrons. The van der Waals surface area contributed by atoms with E-state index in [2.05, 4.69) is 15.0 Å². The first-order valence-corrected chi connectivity index (χ1v) is 8.42. The highest BCUT2D eigenvalue weighted by Crippen LogP contribution is 2.24. The summed E-state index contributed by atoms with van der Waals surface area (Å²) in [5, 5.41) is 7.81. The monoisotopic (exact) mass is 394 g/mol. The maximum absolute atomic E-state index is 14.1. The van der Waals surface area contributed by atoms with Crippen LogP contribution in [-0.4, -0.2) is 25.1 Å².